The predicted octanol–water partition coefficient (Wildman–Crippen LogP) is 4.00. The van der Waals surface area contributed by atoms with Gasteiger partial charge in [-0.25, -0.2) is 9.78 Å². The average Bonchev–Trinajstić information content (AvgIpc) is 3.08. The third-order valence-corrected chi connectivity index (χ3v) is 5.08. The van der Waals surface area contributed by atoms with Crippen molar-refractivity contribution in [2.75, 3.05) is 37.8 Å². The van der Waals surface area contributed by atoms with Gasteiger partial charge < -0.3 is 19.1 Å². The first-order chi connectivity index (χ1) is 12.9. The van der Waals surface area contributed by atoms with Gasteiger partial charge in [0.25, 0.3) is 0 Å². The van der Waals surface area contributed by atoms with E-state index < -0.39 is 11.6 Å². The zero-order chi connectivity index (χ0) is 19.4. The second-order valence-corrected chi connectivity index (χ2v) is 8.21. The summed E-state index contributed by atoms with van der Waals surface area (Å²) in [7, 11) is 0. The molecule has 146 valence electrons. The second-order valence-electron chi connectivity index (χ2n) is 7.23. The van der Waals surface area contributed by atoms with Crippen LogP contribution in [-0.2, 0) is 9.47 Å². The molecule has 0 atom stereocenters. The molecule has 1 aliphatic rings. The van der Waals surface area contributed by atoms with E-state index in [0.717, 1.165) is 34.4 Å². The molecular formula is C20H26N2O4S. The van der Waals surface area contributed by atoms with Crippen LogP contribution in [-0.4, -0.2) is 49.5 Å². The molecule has 0 radical (unpaired) electrons. The summed E-state index contributed by atoms with van der Waals surface area (Å²) in [6.07, 6.45) is 0. The lowest BCUT2D eigenvalue weighted by atomic mass is 10.2. The van der Waals surface area contributed by atoms with Gasteiger partial charge in [-0.3, -0.25) is 0 Å². The monoisotopic (exact) mass is 390 g/mol. The molecule has 1 aromatic heterocycles. The number of benzene rings is 1. The quantitative estimate of drug-likeness (QED) is 0.719. The van der Waals surface area contributed by atoms with Gasteiger partial charge >= 0.3 is 5.97 Å². The Labute approximate surface area is 164 Å². The number of carbonyl (C=O) groups excluding carboxylic acids is 1. The SMILES string of the molecule is CCOc1ccc(-c2nc(C(=O)OC(C)(C)C)c(N3CCOCC3)s2)cc1. The highest BCUT2D eigenvalue weighted by molar-refractivity contribution is 7.19. The highest BCUT2D eigenvalue weighted by atomic mass is 32.1. The number of hydrogen-bond acceptors (Lipinski definition) is 7. The van der Waals surface area contributed by atoms with Crippen LogP contribution < -0.4 is 9.64 Å². The van der Waals surface area contributed by atoms with Crippen LogP contribution in [0.2, 0.25) is 0 Å². The molecule has 1 saturated heterocycles. The average molecular weight is 391 g/mol. The molecule has 6 nitrogen and oxygen atoms in total. The number of thiazole rings is 1. The van der Waals surface area contributed by atoms with Crippen molar-refractivity contribution < 1.29 is 19.0 Å². The molecular weight excluding hydrogens is 364 g/mol. The summed E-state index contributed by atoms with van der Waals surface area (Å²) in [5.41, 5.74) is 0.760. The third-order valence-electron chi connectivity index (χ3n) is 3.91. The lowest BCUT2D eigenvalue weighted by Gasteiger charge is -2.28. The highest BCUT2D eigenvalue weighted by Gasteiger charge is 2.28. The van der Waals surface area contributed by atoms with Crippen molar-refractivity contribution in [2.24, 2.45) is 0 Å². The van der Waals surface area contributed by atoms with E-state index in [-0.39, 0.29) is 0 Å². The molecule has 1 fully saturated rings. The fourth-order valence-corrected chi connectivity index (χ4v) is 3.85. The van der Waals surface area contributed by atoms with Gasteiger partial charge in [0.15, 0.2) is 5.69 Å². The van der Waals surface area contributed by atoms with Crippen molar-refractivity contribution in [3.63, 3.8) is 0 Å². The van der Waals surface area contributed by atoms with Crippen molar-refractivity contribution in [3.8, 4) is 16.3 Å². The summed E-state index contributed by atoms with van der Waals surface area (Å²) in [5.74, 6) is 0.427. The molecule has 0 saturated carbocycles. The van der Waals surface area contributed by atoms with Crippen molar-refractivity contribution in [3.05, 3.63) is 30.0 Å². The van der Waals surface area contributed by atoms with Crippen LogP contribution in [0.4, 0.5) is 5.00 Å². The van der Waals surface area contributed by atoms with E-state index in [0.29, 0.717) is 25.5 Å². The van der Waals surface area contributed by atoms with Gasteiger partial charge in [0.2, 0.25) is 0 Å². The fourth-order valence-electron chi connectivity index (χ4n) is 2.74. The zero-order valence-corrected chi connectivity index (χ0v) is 17.1. The Kier molecular flexibility index (Phi) is 6.01. The van der Waals surface area contributed by atoms with Crippen molar-refractivity contribution in [1.29, 1.82) is 0 Å². The molecule has 1 aromatic carbocycles. The Bertz CT molecular complexity index is 774. The Morgan fingerprint density at radius 2 is 1.89 bits per heavy atom. The molecule has 2 heterocycles. The van der Waals surface area contributed by atoms with Gasteiger partial charge in [-0.15, -0.1) is 0 Å². The fraction of sp³-hybridized carbons (Fsp3) is 0.500. The normalized spacial score (nSPS) is 14.9. The minimum atomic E-state index is -0.567. The lowest BCUT2D eigenvalue weighted by Crippen LogP contribution is -2.37. The topological polar surface area (TPSA) is 60.9 Å². The van der Waals surface area contributed by atoms with Crippen LogP contribution in [0.3, 0.4) is 0 Å². The molecule has 2 aromatic rings. The number of rotatable bonds is 5. The van der Waals surface area contributed by atoms with Gasteiger partial charge in [0.05, 0.1) is 19.8 Å². The summed E-state index contributed by atoms with van der Waals surface area (Å²) in [6, 6.07) is 7.77. The molecule has 3 rings (SSSR count). The van der Waals surface area contributed by atoms with E-state index in [1.54, 1.807) is 0 Å². The van der Waals surface area contributed by atoms with E-state index >= 15 is 0 Å². The molecule has 27 heavy (non-hydrogen) atoms. The molecule has 7 heteroatoms. The van der Waals surface area contributed by atoms with Crippen LogP contribution in [0.1, 0.15) is 38.2 Å². The smallest absolute Gasteiger partial charge is 0.360 e. The first-order valence-corrected chi connectivity index (χ1v) is 9.99. The molecule has 0 amide bonds. The molecule has 0 aliphatic carbocycles. The molecule has 1 aliphatic heterocycles. The Morgan fingerprint density at radius 3 is 2.48 bits per heavy atom. The van der Waals surface area contributed by atoms with Gasteiger partial charge in [-0.2, -0.15) is 0 Å². The third kappa shape index (κ3) is 4.99. The van der Waals surface area contributed by atoms with Crippen LogP contribution in [0.15, 0.2) is 24.3 Å². The number of anilines is 1. The number of nitrogens with zero attached hydrogens (tertiary/aromatic N) is 2. The number of ether oxygens (including phenoxy) is 3. The van der Waals surface area contributed by atoms with Gasteiger partial charge in [-0.05, 0) is 52.0 Å². The second kappa shape index (κ2) is 8.27. The molecule has 0 N–H and O–H groups in total. The minimum absolute atomic E-state index is 0.376. The number of aromatic nitrogens is 1. The van der Waals surface area contributed by atoms with E-state index in [1.807, 2.05) is 52.0 Å². The first-order valence-electron chi connectivity index (χ1n) is 9.17. The standard InChI is InChI=1S/C20H26N2O4S/c1-5-25-15-8-6-14(7-9-15)17-21-16(19(23)26-20(2,3)4)18(27-17)22-10-12-24-13-11-22/h6-9H,5,10-13H2,1-4H3. The number of carbonyl (C=O) groups is 1. The van der Waals surface area contributed by atoms with Gasteiger partial charge in [0, 0.05) is 18.7 Å². The van der Waals surface area contributed by atoms with Crippen LogP contribution in [0.5, 0.6) is 5.75 Å². The minimum Gasteiger partial charge on any atom is -0.494 e. The maximum atomic E-state index is 12.8. The molecule has 0 bridgehead atoms. The number of morpholine rings is 1. The van der Waals surface area contributed by atoms with E-state index in [1.165, 1.54) is 11.3 Å². The Hall–Kier alpha value is -2.12. The largest absolute Gasteiger partial charge is 0.494 e. The summed E-state index contributed by atoms with van der Waals surface area (Å²) < 4.78 is 16.5. The molecule has 0 spiro atoms. The maximum Gasteiger partial charge on any atom is 0.360 e. The Balaban J connectivity index is 1.94. The van der Waals surface area contributed by atoms with Crippen LogP contribution in [0.25, 0.3) is 10.6 Å². The summed E-state index contributed by atoms with van der Waals surface area (Å²) in [4.78, 5) is 19.5. The van der Waals surface area contributed by atoms with E-state index in [2.05, 4.69) is 9.88 Å². The van der Waals surface area contributed by atoms with Gasteiger partial charge in [-0.1, -0.05) is 11.3 Å². The first kappa shape index (κ1) is 19.6. The van der Waals surface area contributed by atoms with E-state index in [9.17, 15) is 4.79 Å². The summed E-state index contributed by atoms with van der Waals surface area (Å²) in [6.45, 7) is 10.9. The van der Waals surface area contributed by atoms with Crippen molar-refractivity contribution >= 4 is 22.3 Å². The number of hydrogen-bond donors (Lipinski definition) is 0. The predicted molar refractivity (Wildman–Crippen MR) is 107 cm³/mol. The molecule has 0 unspecified atom stereocenters. The van der Waals surface area contributed by atoms with Crippen LogP contribution >= 0.6 is 11.3 Å². The summed E-state index contributed by atoms with van der Waals surface area (Å²) >= 11 is 1.51. The van der Waals surface area contributed by atoms with Gasteiger partial charge in [0.1, 0.15) is 21.4 Å². The maximum absolute atomic E-state index is 12.8. The van der Waals surface area contributed by atoms with Crippen molar-refractivity contribution in [2.45, 2.75) is 33.3 Å². The van der Waals surface area contributed by atoms with Crippen LogP contribution in [0, 0.1) is 0 Å². The Morgan fingerprint density at radius 1 is 1.22 bits per heavy atom. The zero-order valence-electron chi connectivity index (χ0n) is 16.3. The lowest BCUT2D eigenvalue weighted by molar-refractivity contribution is 0.00640. The number of esters is 1. The highest BCUT2D eigenvalue weighted by Crippen LogP contribution is 2.36. The summed E-state index contributed by atoms with van der Waals surface area (Å²) in [5, 5.41) is 1.64. The van der Waals surface area contributed by atoms with E-state index in [4.69, 9.17) is 14.2 Å². The van der Waals surface area contributed by atoms with Crippen molar-refractivity contribution in [1.82, 2.24) is 4.98 Å².